The number of aryl methyl sites for hydroxylation is 1. The molecule has 1 atom stereocenters. The van der Waals surface area contributed by atoms with Crippen LogP contribution in [0.25, 0.3) is 0 Å². The molecule has 15 heavy (non-hydrogen) atoms. The van der Waals surface area contributed by atoms with Crippen molar-refractivity contribution in [1.82, 2.24) is 4.98 Å². The highest BCUT2D eigenvalue weighted by atomic mass is 35.5. The third-order valence-corrected chi connectivity index (χ3v) is 2.97. The summed E-state index contributed by atoms with van der Waals surface area (Å²) in [5, 5.41) is 12.7. The molecule has 0 aliphatic carbocycles. The van der Waals surface area contributed by atoms with Crippen LogP contribution >= 0.6 is 11.6 Å². The van der Waals surface area contributed by atoms with Gasteiger partial charge in [-0.3, -0.25) is 0 Å². The third kappa shape index (κ3) is 2.61. The third-order valence-electron chi connectivity index (χ3n) is 2.76. The molecule has 0 spiro atoms. The van der Waals surface area contributed by atoms with E-state index in [-0.39, 0.29) is 6.61 Å². The van der Waals surface area contributed by atoms with Gasteiger partial charge in [-0.1, -0.05) is 17.7 Å². The Kier molecular flexibility index (Phi) is 3.44. The molecule has 82 valence electrons. The summed E-state index contributed by atoms with van der Waals surface area (Å²) >= 11 is 5.84. The van der Waals surface area contributed by atoms with Gasteiger partial charge >= 0.3 is 0 Å². The average Bonchev–Trinajstić information content (AvgIpc) is 2.25. The standard InChI is InChI=1S/C11H15ClN2O/c12-10-6-4-8-3-5-9(2-1-7-15)13-11(8)14-10/h4,6,9,15H,1-3,5,7H2,(H,13,14). The Morgan fingerprint density at radius 3 is 3.20 bits per heavy atom. The van der Waals surface area contributed by atoms with Crippen molar-refractivity contribution >= 4 is 17.4 Å². The maximum atomic E-state index is 8.77. The second-order valence-electron chi connectivity index (χ2n) is 3.89. The van der Waals surface area contributed by atoms with E-state index in [1.165, 1.54) is 5.56 Å². The van der Waals surface area contributed by atoms with E-state index in [1.54, 1.807) is 0 Å². The fourth-order valence-electron chi connectivity index (χ4n) is 1.94. The van der Waals surface area contributed by atoms with E-state index in [2.05, 4.69) is 10.3 Å². The van der Waals surface area contributed by atoms with Crippen LogP contribution in [-0.2, 0) is 6.42 Å². The number of hydrogen-bond donors (Lipinski definition) is 2. The molecule has 2 rings (SSSR count). The molecule has 1 unspecified atom stereocenters. The summed E-state index contributed by atoms with van der Waals surface area (Å²) in [6.45, 7) is 0.258. The monoisotopic (exact) mass is 226 g/mol. The molecule has 0 saturated heterocycles. The van der Waals surface area contributed by atoms with E-state index in [0.717, 1.165) is 31.5 Å². The van der Waals surface area contributed by atoms with Gasteiger partial charge in [-0.15, -0.1) is 0 Å². The minimum Gasteiger partial charge on any atom is -0.396 e. The molecule has 4 heteroatoms. The van der Waals surface area contributed by atoms with Gasteiger partial charge in [-0.05, 0) is 37.3 Å². The van der Waals surface area contributed by atoms with E-state index in [1.807, 2.05) is 12.1 Å². The normalized spacial score (nSPS) is 19.5. The first kappa shape index (κ1) is 10.7. The lowest BCUT2D eigenvalue weighted by Gasteiger charge is -2.25. The van der Waals surface area contributed by atoms with Gasteiger partial charge in [0.25, 0.3) is 0 Å². The highest BCUT2D eigenvalue weighted by molar-refractivity contribution is 6.29. The van der Waals surface area contributed by atoms with E-state index < -0.39 is 0 Å². The molecule has 1 aromatic heterocycles. The van der Waals surface area contributed by atoms with Crippen LogP contribution in [-0.4, -0.2) is 22.7 Å². The zero-order valence-electron chi connectivity index (χ0n) is 8.54. The number of aromatic nitrogens is 1. The first-order valence-electron chi connectivity index (χ1n) is 5.32. The van der Waals surface area contributed by atoms with Crippen molar-refractivity contribution < 1.29 is 5.11 Å². The fraction of sp³-hybridized carbons (Fsp3) is 0.545. The second kappa shape index (κ2) is 4.81. The second-order valence-corrected chi connectivity index (χ2v) is 4.27. The number of nitrogens with zero attached hydrogens (tertiary/aromatic N) is 1. The average molecular weight is 227 g/mol. The van der Waals surface area contributed by atoms with E-state index in [9.17, 15) is 0 Å². The maximum Gasteiger partial charge on any atom is 0.131 e. The van der Waals surface area contributed by atoms with Crippen molar-refractivity contribution in [3.63, 3.8) is 0 Å². The van der Waals surface area contributed by atoms with Gasteiger partial charge in [0.2, 0.25) is 0 Å². The van der Waals surface area contributed by atoms with Crippen LogP contribution in [0.3, 0.4) is 0 Å². The van der Waals surface area contributed by atoms with E-state index in [0.29, 0.717) is 11.2 Å². The Morgan fingerprint density at radius 2 is 2.40 bits per heavy atom. The predicted molar refractivity (Wildman–Crippen MR) is 61.3 cm³/mol. The number of anilines is 1. The zero-order chi connectivity index (χ0) is 10.7. The Morgan fingerprint density at radius 1 is 1.53 bits per heavy atom. The van der Waals surface area contributed by atoms with Gasteiger partial charge in [0.05, 0.1) is 0 Å². The molecular weight excluding hydrogens is 212 g/mol. The van der Waals surface area contributed by atoms with Crippen LogP contribution in [0, 0.1) is 0 Å². The van der Waals surface area contributed by atoms with Gasteiger partial charge in [-0.2, -0.15) is 0 Å². The van der Waals surface area contributed by atoms with Crippen molar-refractivity contribution in [3.05, 3.63) is 22.8 Å². The van der Waals surface area contributed by atoms with Gasteiger partial charge in [0, 0.05) is 12.6 Å². The van der Waals surface area contributed by atoms with E-state index in [4.69, 9.17) is 16.7 Å². The summed E-state index contributed by atoms with van der Waals surface area (Å²) in [5.74, 6) is 0.914. The summed E-state index contributed by atoms with van der Waals surface area (Å²) < 4.78 is 0. The van der Waals surface area contributed by atoms with Crippen LogP contribution < -0.4 is 5.32 Å². The lowest BCUT2D eigenvalue weighted by atomic mass is 9.98. The van der Waals surface area contributed by atoms with Crippen molar-refractivity contribution in [1.29, 1.82) is 0 Å². The van der Waals surface area contributed by atoms with E-state index >= 15 is 0 Å². The van der Waals surface area contributed by atoms with Crippen molar-refractivity contribution in [2.24, 2.45) is 0 Å². The molecule has 1 aromatic rings. The molecule has 1 aliphatic rings. The molecule has 0 aromatic carbocycles. The SMILES string of the molecule is OCCCC1CCc2ccc(Cl)nc2N1. The first-order valence-corrected chi connectivity index (χ1v) is 5.70. The Balaban J connectivity index is 2.05. The quantitative estimate of drug-likeness (QED) is 0.777. The number of aliphatic hydroxyl groups excluding tert-OH is 1. The number of rotatable bonds is 3. The molecule has 0 bridgehead atoms. The zero-order valence-corrected chi connectivity index (χ0v) is 9.30. The summed E-state index contributed by atoms with van der Waals surface area (Å²) in [5.41, 5.74) is 1.24. The molecule has 0 saturated carbocycles. The molecule has 2 heterocycles. The van der Waals surface area contributed by atoms with Crippen LogP contribution in [0.1, 0.15) is 24.8 Å². The molecule has 0 radical (unpaired) electrons. The highest BCUT2D eigenvalue weighted by Gasteiger charge is 2.18. The number of hydrogen-bond acceptors (Lipinski definition) is 3. The number of halogens is 1. The molecule has 0 amide bonds. The smallest absolute Gasteiger partial charge is 0.131 e. The van der Waals surface area contributed by atoms with Crippen LogP contribution in [0.4, 0.5) is 5.82 Å². The lowest BCUT2D eigenvalue weighted by molar-refractivity contribution is 0.279. The summed E-state index contributed by atoms with van der Waals surface area (Å²) in [7, 11) is 0. The minimum atomic E-state index is 0.258. The number of pyridine rings is 1. The van der Waals surface area contributed by atoms with Crippen molar-refractivity contribution in [2.75, 3.05) is 11.9 Å². The number of aliphatic hydroxyl groups is 1. The highest BCUT2D eigenvalue weighted by Crippen LogP contribution is 2.25. The predicted octanol–water partition coefficient (Wildman–Crippen LogP) is 2.23. The lowest BCUT2D eigenvalue weighted by Crippen LogP contribution is -2.26. The summed E-state index contributed by atoms with van der Waals surface area (Å²) in [4.78, 5) is 4.26. The number of fused-ring (bicyclic) bond motifs is 1. The summed E-state index contributed by atoms with van der Waals surface area (Å²) in [6, 6.07) is 4.28. The fourth-order valence-corrected chi connectivity index (χ4v) is 2.09. The number of nitrogens with one attached hydrogen (secondary N) is 1. The Hall–Kier alpha value is -0.800. The molecule has 2 N–H and O–H groups in total. The maximum absolute atomic E-state index is 8.77. The molecule has 0 fully saturated rings. The van der Waals surface area contributed by atoms with Crippen LogP contribution in [0.15, 0.2) is 12.1 Å². The van der Waals surface area contributed by atoms with Crippen molar-refractivity contribution in [2.45, 2.75) is 31.7 Å². The molecule has 1 aliphatic heterocycles. The van der Waals surface area contributed by atoms with Crippen LogP contribution in [0.2, 0.25) is 5.15 Å². The summed E-state index contributed by atoms with van der Waals surface area (Å²) in [6.07, 6.45) is 3.98. The Bertz CT molecular complexity index is 343. The molecular formula is C11H15ClN2O. The van der Waals surface area contributed by atoms with Crippen LogP contribution in [0.5, 0.6) is 0 Å². The molecule has 3 nitrogen and oxygen atoms in total. The topological polar surface area (TPSA) is 45.2 Å². The minimum absolute atomic E-state index is 0.258. The first-order chi connectivity index (χ1) is 7.29. The van der Waals surface area contributed by atoms with Gasteiger partial charge in [-0.25, -0.2) is 4.98 Å². The van der Waals surface area contributed by atoms with Gasteiger partial charge in [0.15, 0.2) is 0 Å². The van der Waals surface area contributed by atoms with Gasteiger partial charge in [0.1, 0.15) is 11.0 Å². The largest absolute Gasteiger partial charge is 0.396 e. The van der Waals surface area contributed by atoms with Crippen molar-refractivity contribution in [3.8, 4) is 0 Å². The van der Waals surface area contributed by atoms with Gasteiger partial charge < -0.3 is 10.4 Å². The Labute approximate surface area is 94.5 Å².